The topological polar surface area (TPSA) is 44.5 Å². The van der Waals surface area contributed by atoms with Gasteiger partial charge in [0.25, 0.3) is 0 Å². The molecule has 1 aromatic rings. The van der Waals surface area contributed by atoms with Crippen molar-refractivity contribution in [2.75, 3.05) is 0 Å². The molecule has 3 saturated carbocycles. The van der Waals surface area contributed by atoms with E-state index >= 15 is 0 Å². The first-order valence-corrected chi connectivity index (χ1v) is 9.04. The van der Waals surface area contributed by atoms with Gasteiger partial charge in [-0.2, -0.15) is 0 Å². The van der Waals surface area contributed by atoms with Crippen LogP contribution in [-0.4, -0.2) is 24.8 Å². The number of halogens is 1. The van der Waals surface area contributed by atoms with E-state index in [4.69, 9.17) is 15.0 Å². The minimum atomic E-state index is -0.246. The number of nitrogens with two attached hydrogens (primary N) is 1. The van der Waals surface area contributed by atoms with Gasteiger partial charge in [-0.1, -0.05) is 44.2 Å². The van der Waals surface area contributed by atoms with Crippen LogP contribution in [0.4, 0.5) is 0 Å². The van der Waals surface area contributed by atoms with Gasteiger partial charge < -0.3 is 15.0 Å². The van der Waals surface area contributed by atoms with Gasteiger partial charge in [0.05, 0.1) is 11.7 Å². The van der Waals surface area contributed by atoms with Crippen LogP contribution in [0.25, 0.3) is 0 Å². The van der Waals surface area contributed by atoms with Crippen molar-refractivity contribution in [2.45, 2.75) is 64.1 Å². The van der Waals surface area contributed by atoms with Crippen LogP contribution in [0.15, 0.2) is 30.3 Å². The summed E-state index contributed by atoms with van der Waals surface area (Å²) in [7, 11) is -0.246. The van der Waals surface area contributed by atoms with E-state index in [1.54, 1.807) is 0 Å². The smallest absolute Gasteiger partial charge is 0.404 e. The molecule has 0 spiro atoms. The number of rotatable bonds is 4. The van der Waals surface area contributed by atoms with Crippen molar-refractivity contribution in [2.24, 2.45) is 23.0 Å². The lowest BCUT2D eigenvalue weighted by Crippen LogP contribution is -2.65. The van der Waals surface area contributed by atoms with Crippen molar-refractivity contribution < 1.29 is 9.31 Å². The number of hydrogen-bond donors (Lipinski definition) is 1. The standard InChI is InChI=1S/C19H28BNO2.ClH/c1-18(2)14-11-15(18)19(3)16(12-14)22-20(23-19)17(21)10-9-13-7-5-4-6-8-13;/h4-8,14-17H,9-12,21H2,1-3H3;1H. The van der Waals surface area contributed by atoms with Crippen LogP contribution in [0.5, 0.6) is 0 Å². The highest BCUT2D eigenvalue weighted by Crippen LogP contribution is 2.65. The summed E-state index contributed by atoms with van der Waals surface area (Å²) in [6, 6.07) is 10.5. The maximum atomic E-state index is 6.44. The second kappa shape index (κ2) is 6.32. The average Bonchev–Trinajstić information content (AvgIpc) is 2.90. The number of benzene rings is 1. The zero-order chi connectivity index (χ0) is 16.2. The fraction of sp³-hybridized carbons (Fsp3) is 0.684. The van der Waals surface area contributed by atoms with Gasteiger partial charge in [-0.05, 0) is 55.4 Å². The third kappa shape index (κ3) is 2.72. The summed E-state index contributed by atoms with van der Waals surface area (Å²) in [6.45, 7) is 7.03. The van der Waals surface area contributed by atoms with E-state index in [2.05, 4.69) is 45.0 Å². The van der Waals surface area contributed by atoms with Crippen molar-refractivity contribution in [3.05, 3.63) is 35.9 Å². The van der Waals surface area contributed by atoms with Crippen LogP contribution in [0, 0.1) is 17.3 Å². The molecule has 5 atom stereocenters. The molecule has 2 bridgehead atoms. The molecule has 3 aliphatic carbocycles. The van der Waals surface area contributed by atoms with Crippen LogP contribution < -0.4 is 5.73 Å². The van der Waals surface area contributed by atoms with Crippen molar-refractivity contribution in [1.29, 1.82) is 0 Å². The van der Waals surface area contributed by atoms with Gasteiger partial charge >= 0.3 is 7.12 Å². The van der Waals surface area contributed by atoms with E-state index in [9.17, 15) is 0 Å². The monoisotopic (exact) mass is 349 g/mol. The molecule has 3 nitrogen and oxygen atoms in total. The summed E-state index contributed by atoms with van der Waals surface area (Å²) in [6.07, 6.45) is 4.52. The molecule has 132 valence electrons. The fourth-order valence-corrected chi connectivity index (χ4v) is 5.20. The molecule has 4 fully saturated rings. The lowest BCUT2D eigenvalue weighted by atomic mass is 9.43. The summed E-state index contributed by atoms with van der Waals surface area (Å²) >= 11 is 0. The Balaban J connectivity index is 0.00000169. The minimum absolute atomic E-state index is 0. The van der Waals surface area contributed by atoms with Crippen molar-refractivity contribution in [3.63, 3.8) is 0 Å². The maximum Gasteiger partial charge on any atom is 0.475 e. The molecule has 5 rings (SSSR count). The van der Waals surface area contributed by atoms with E-state index < -0.39 is 0 Å². The molecular formula is C19H29BClNO2. The van der Waals surface area contributed by atoms with E-state index in [0.717, 1.165) is 25.2 Å². The first kappa shape index (κ1) is 18.3. The molecule has 5 heteroatoms. The molecule has 1 saturated heterocycles. The molecule has 2 N–H and O–H groups in total. The molecule has 0 radical (unpaired) electrons. The van der Waals surface area contributed by atoms with Crippen LogP contribution in [0.2, 0.25) is 0 Å². The predicted octanol–water partition coefficient (Wildman–Crippen LogP) is 3.64. The lowest BCUT2D eigenvalue weighted by Gasteiger charge is -2.64. The zero-order valence-corrected chi connectivity index (χ0v) is 15.7. The first-order chi connectivity index (χ1) is 10.9. The molecule has 0 aromatic heterocycles. The third-order valence-corrected chi connectivity index (χ3v) is 6.93. The zero-order valence-electron chi connectivity index (χ0n) is 14.9. The summed E-state index contributed by atoms with van der Waals surface area (Å²) in [5.41, 5.74) is 7.98. The summed E-state index contributed by atoms with van der Waals surface area (Å²) in [4.78, 5) is 0. The van der Waals surface area contributed by atoms with Gasteiger partial charge in [0.15, 0.2) is 0 Å². The second-order valence-corrected chi connectivity index (χ2v) is 8.53. The van der Waals surface area contributed by atoms with Gasteiger partial charge in [0.2, 0.25) is 0 Å². The maximum absolute atomic E-state index is 6.44. The Morgan fingerprint density at radius 3 is 2.58 bits per heavy atom. The Hall–Kier alpha value is -0.545. The lowest BCUT2D eigenvalue weighted by molar-refractivity contribution is -0.199. The van der Waals surface area contributed by atoms with Crippen molar-refractivity contribution >= 4 is 19.5 Å². The molecule has 4 aliphatic rings. The summed E-state index contributed by atoms with van der Waals surface area (Å²) in [5, 5.41) is 0. The molecule has 1 aliphatic heterocycles. The first-order valence-electron chi connectivity index (χ1n) is 9.04. The average molecular weight is 350 g/mol. The number of hydrogen-bond acceptors (Lipinski definition) is 3. The van der Waals surface area contributed by atoms with Crippen LogP contribution in [0.1, 0.15) is 45.6 Å². The molecule has 24 heavy (non-hydrogen) atoms. The highest BCUT2D eigenvalue weighted by Gasteiger charge is 2.68. The largest absolute Gasteiger partial charge is 0.475 e. The molecule has 1 aromatic carbocycles. The fourth-order valence-electron chi connectivity index (χ4n) is 5.20. The van der Waals surface area contributed by atoms with Gasteiger partial charge in [0, 0.05) is 5.94 Å². The summed E-state index contributed by atoms with van der Waals surface area (Å²) in [5.74, 6) is 1.33. The second-order valence-electron chi connectivity index (χ2n) is 8.53. The number of aryl methyl sites for hydroxylation is 1. The van der Waals surface area contributed by atoms with E-state index in [0.29, 0.717) is 11.3 Å². The molecule has 0 amide bonds. The van der Waals surface area contributed by atoms with E-state index in [1.807, 2.05) is 6.07 Å². The Bertz CT molecular complexity index is 584. The van der Waals surface area contributed by atoms with Crippen LogP contribution in [0.3, 0.4) is 0 Å². The summed E-state index contributed by atoms with van der Waals surface area (Å²) < 4.78 is 12.7. The van der Waals surface area contributed by atoms with E-state index in [-0.39, 0.29) is 37.2 Å². The Kier molecular flexibility index (Phi) is 4.80. The third-order valence-electron chi connectivity index (χ3n) is 6.93. The quantitative estimate of drug-likeness (QED) is 0.844. The van der Waals surface area contributed by atoms with Gasteiger partial charge in [0.1, 0.15) is 0 Å². The van der Waals surface area contributed by atoms with E-state index in [1.165, 1.54) is 12.0 Å². The van der Waals surface area contributed by atoms with Crippen LogP contribution in [-0.2, 0) is 15.7 Å². The highest BCUT2D eigenvalue weighted by molar-refractivity contribution is 6.47. The Labute approximate surface area is 152 Å². The Morgan fingerprint density at radius 2 is 1.92 bits per heavy atom. The molecule has 5 unspecified atom stereocenters. The predicted molar refractivity (Wildman–Crippen MR) is 100 cm³/mol. The minimum Gasteiger partial charge on any atom is -0.404 e. The highest BCUT2D eigenvalue weighted by atomic mass is 35.5. The van der Waals surface area contributed by atoms with Gasteiger partial charge in [-0.25, -0.2) is 0 Å². The molecular weight excluding hydrogens is 320 g/mol. The van der Waals surface area contributed by atoms with Gasteiger partial charge in [-0.3, -0.25) is 0 Å². The van der Waals surface area contributed by atoms with Crippen molar-refractivity contribution in [3.8, 4) is 0 Å². The Morgan fingerprint density at radius 1 is 1.21 bits per heavy atom. The van der Waals surface area contributed by atoms with Gasteiger partial charge in [-0.15, -0.1) is 12.4 Å². The van der Waals surface area contributed by atoms with Crippen molar-refractivity contribution in [1.82, 2.24) is 0 Å². The van der Waals surface area contributed by atoms with Crippen LogP contribution >= 0.6 is 12.4 Å². The normalized spacial score (nSPS) is 37.2. The SMILES string of the molecule is CC1(C)C2CC3OB(C(N)CCc4ccccc4)OC3(C)C1C2.Cl. The molecule has 1 heterocycles.